The van der Waals surface area contributed by atoms with Gasteiger partial charge in [-0.3, -0.25) is 14.5 Å². The number of benzene rings is 1. The average molecular weight is 347 g/mol. The van der Waals surface area contributed by atoms with Crippen molar-refractivity contribution in [2.24, 2.45) is 0 Å². The Morgan fingerprint density at radius 3 is 3.00 bits per heavy atom. The van der Waals surface area contributed by atoms with E-state index >= 15 is 0 Å². The average Bonchev–Trinajstić information content (AvgIpc) is 3.17. The standard InChI is InChI=1S/C17H18FN3O2S/c1-11-4-5-12(7-14(11)18)9-19-15(22)8-13-10-24-17(20-13)21-6-2-3-16(21)23/h4-5,7,10H,2-3,6,8-9H2,1H3,(H,19,22). The summed E-state index contributed by atoms with van der Waals surface area (Å²) in [4.78, 5) is 29.7. The van der Waals surface area contributed by atoms with Crippen molar-refractivity contribution in [2.45, 2.75) is 32.7 Å². The first-order chi connectivity index (χ1) is 11.5. The van der Waals surface area contributed by atoms with Gasteiger partial charge in [0.1, 0.15) is 5.82 Å². The fourth-order valence-electron chi connectivity index (χ4n) is 2.53. The Hall–Kier alpha value is -2.28. The number of hydrogen-bond acceptors (Lipinski definition) is 4. The highest BCUT2D eigenvalue weighted by atomic mass is 32.1. The summed E-state index contributed by atoms with van der Waals surface area (Å²) in [5.41, 5.74) is 1.94. The Bertz CT molecular complexity index is 775. The molecule has 1 aromatic carbocycles. The van der Waals surface area contributed by atoms with Crippen LogP contribution in [0.15, 0.2) is 23.6 Å². The predicted molar refractivity (Wildman–Crippen MR) is 90.4 cm³/mol. The molecule has 0 bridgehead atoms. The number of anilines is 1. The Labute approximate surface area is 143 Å². The summed E-state index contributed by atoms with van der Waals surface area (Å²) < 4.78 is 13.5. The molecule has 1 fully saturated rings. The van der Waals surface area contributed by atoms with Crippen molar-refractivity contribution in [3.05, 3.63) is 46.2 Å². The molecule has 5 nitrogen and oxygen atoms in total. The minimum atomic E-state index is -0.277. The fourth-order valence-corrected chi connectivity index (χ4v) is 3.39. The van der Waals surface area contributed by atoms with Crippen molar-refractivity contribution in [1.29, 1.82) is 0 Å². The molecular formula is C17H18FN3O2S. The zero-order valence-electron chi connectivity index (χ0n) is 13.3. The normalized spacial score (nSPS) is 14.2. The molecule has 7 heteroatoms. The van der Waals surface area contributed by atoms with Crippen molar-refractivity contribution >= 4 is 28.3 Å². The number of aryl methyl sites for hydroxylation is 1. The lowest BCUT2D eigenvalue weighted by Gasteiger charge is -2.10. The van der Waals surface area contributed by atoms with Gasteiger partial charge in [-0.25, -0.2) is 9.37 Å². The van der Waals surface area contributed by atoms with Crippen LogP contribution < -0.4 is 10.2 Å². The van der Waals surface area contributed by atoms with E-state index in [4.69, 9.17) is 0 Å². The third kappa shape index (κ3) is 3.79. The summed E-state index contributed by atoms with van der Waals surface area (Å²) in [6.45, 7) is 2.66. The summed E-state index contributed by atoms with van der Waals surface area (Å²) in [5.74, 6) is -0.372. The third-order valence-electron chi connectivity index (χ3n) is 3.91. The van der Waals surface area contributed by atoms with E-state index in [1.54, 1.807) is 29.3 Å². The molecule has 0 radical (unpaired) electrons. The molecule has 1 aromatic heterocycles. The topological polar surface area (TPSA) is 62.3 Å². The van der Waals surface area contributed by atoms with Gasteiger partial charge >= 0.3 is 0 Å². The van der Waals surface area contributed by atoms with Crippen LogP contribution in [0, 0.1) is 12.7 Å². The van der Waals surface area contributed by atoms with Gasteiger partial charge in [0, 0.05) is 24.9 Å². The van der Waals surface area contributed by atoms with E-state index in [-0.39, 0.29) is 30.6 Å². The van der Waals surface area contributed by atoms with Gasteiger partial charge in [0.15, 0.2) is 5.13 Å². The lowest BCUT2D eigenvalue weighted by Crippen LogP contribution is -2.25. The smallest absolute Gasteiger partial charge is 0.228 e. The number of halogens is 1. The van der Waals surface area contributed by atoms with E-state index in [0.29, 0.717) is 34.9 Å². The zero-order chi connectivity index (χ0) is 17.1. The van der Waals surface area contributed by atoms with E-state index in [1.165, 1.54) is 17.4 Å². The summed E-state index contributed by atoms with van der Waals surface area (Å²) >= 11 is 1.37. The Kier molecular flexibility index (Phi) is 4.89. The van der Waals surface area contributed by atoms with Gasteiger partial charge in [0.25, 0.3) is 0 Å². The number of hydrogen-bond donors (Lipinski definition) is 1. The van der Waals surface area contributed by atoms with Crippen LogP contribution in [0.25, 0.3) is 0 Å². The number of rotatable bonds is 5. The highest BCUT2D eigenvalue weighted by molar-refractivity contribution is 7.14. The molecule has 1 N–H and O–H groups in total. The number of carbonyl (C=O) groups excluding carboxylic acids is 2. The highest BCUT2D eigenvalue weighted by Gasteiger charge is 2.24. The van der Waals surface area contributed by atoms with Crippen LogP contribution in [-0.2, 0) is 22.6 Å². The molecule has 0 spiro atoms. The summed E-state index contributed by atoms with van der Waals surface area (Å²) in [6.07, 6.45) is 1.55. The monoisotopic (exact) mass is 347 g/mol. The van der Waals surface area contributed by atoms with Crippen LogP contribution >= 0.6 is 11.3 Å². The van der Waals surface area contributed by atoms with Crippen LogP contribution in [0.1, 0.15) is 29.7 Å². The highest BCUT2D eigenvalue weighted by Crippen LogP contribution is 2.25. The van der Waals surface area contributed by atoms with E-state index < -0.39 is 0 Å². The van der Waals surface area contributed by atoms with Crippen molar-refractivity contribution in [1.82, 2.24) is 10.3 Å². The number of thiazole rings is 1. The SMILES string of the molecule is Cc1ccc(CNC(=O)Cc2csc(N3CCCC3=O)n2)cc1F. The van der Waals surface area contributed by atoms with Gasteiger partial charge < -0.3 is 5.32 Å². The van der Waals surface area contributed by atoms with Crippen molar-refractivity contribution in [2.75, 3.05) is 11.4 Å². The van der Waals surface area contributed by atoms with Gasteiger partial charge in [-0.1, -0.05) is 12.1 Å². The van der Waals surface area contributed by atoms with E-state index in [0.717, 1.165) is 6.42 Å². The van der Waals surface area contributed by atoms with E-state index in [9.17, 15) is 14.0 Å². The van der Waals surface area contributed by atoms with Crippen LogP contribution in [0.4, 0.5) is 9.52 Å². The van der Waals surface area contributed by atoms with Crippen molar-refractivity contribution in [3.8, 4) is 0 Å². The van der Waals surface area contributed by atoms with Gasteiger partial charge in [-0.05, 0) is 30.5 Å². The molecule has 0 aliphatic carbocycles. The fraction of sp³-hybridized carbons (Fsp3) is 0.353. The molecule has 24 heavy (non-hydrogen) atoms. The Balaban J connectivity index is 1.54. The molecule has 1 aliphatic rings. The first kappa shape index (κ1) is 16.6. The second kappa shape index (κ2) is 7.09. The lowest BCUT2D eigenvalue weighted by atomic mass is 10.1. The molecule has 2 aromatic rings. The van der Waals surface area contributed by atoms with E-state index in [1.807, 2.05) is 0 Å². The first-order valence-electron chi connectivity index (χ1n) is 7.79. The molecule has 2 amide bonds. The molecule has 2 heterocycles. The summed E-state index contributed by atoms with van der Waals surface area (Å²) in [6, 6.07) is 4.91. The molecule has 1 aliphatic heterocycles. The minimum absolute atomic E-state index is 0.0850. The number of amides is 2. The third-order valence-corrected chi connectivity index (χ3v) is 4.82. The van der Waals surface area contributed by atoms with Crippen LogP contribution in [-0.4, -0.2) is 23.3 Å². The van der Waals surface area contributed by atoms with Gasteiger partial charge in [0.2, 0.25) is 11.8 Å². The summed E-state index contributed by atoms with van der Waals surface area (Å²) in [5, 5.41) is 5.21. The zero-order valence-corrected chi connectivity index (χ0v) is 14.2. The number of aromatic nitrogens is 1. The Morgan fingerprint density at radius 1 is 1.46 bits per heavy atom. The number of carbonyl (C=O) groups is 2. The second-order valence-corrected chi connectivity index (χ2v) is 6.64. The lowest BCUT2D eigenvalue weighted by molar-refractivity contribution is -0.120. The maximum absolute atomic E-state index is 13.5. The minimum Gasteiger partial charge on any atom is -0.352 e. The second-order valence-electron chi connectivity index (χ2n) is 5.81. The predicted octanol–water partition coefficient (Wildman–Crippen LogP) is 2.58. The number of nitrogens with zero attached hydrogens (tertiary/aromatic N) is 2. The molecule has 126 valence electrons. The first-order valence-corrected chi connectivity index (χ1v) is 8.67. The van der Waals surface area contributed by atoms with Crippen molar-refractivity contribution < 1.29 is 14.0 Å². The molecule has 0 unspecified atom stereocenters. The molecule has 3 rings (SSSR count). The quantitative estimate of drug-likeness (QED) is 0.904. The van der Waals surface area contributed by atoms with Crippen LogP contribution in [0.3, 0.4) is 0 Å². The maximum Gasteiger partial charge on any atom is 0.228 e. The molecular weight excluding hydrogens is 329 g/mol. The molecule has 0 saturated carbocycles. The Morgan fingerprint density at radius 2 is 2.29 bits per heavy atom. The van der Waals surface area contributed by atoms with Crippen LogP contribution in [0.2, 0.25) is 0 Å². The van der Waals surface area contributed by atoms with Gasteiger partial charge in [-0.15, -0.1) is 11.3 Å². The maximum atomic E-state index is 13.5. The van der Waals surface area contributed by atoms with Crippen molar-refractivity contribution in [3.63, 3.8) is 0 Å². The largest absolute Gasteiger partial charge is 0.352 e. The summed E-state index contributed by atoms with van der Waals surface area (Å²) in [7, 11) is 0. The van der Waals surface area contributed by atoms with Gasteiger partial charge in [-0.2, -0.15) is 0 Å². The van der Waals surface area contributed by atoms with E-state index in [2.05, 4.69) is 10.3 Å². The molecule has 1 saturated heterocycles. The van der Waals surface area contributed by atoms with Crippen LogP contribution in [0.5, 0.6) is 0 Å². The van der Waals surface area contributed by atoms with Gasteiger partial charge in [0.05, 0.1) is 12.1 Å². The number of nitrogens with one attached hydrogen (secondary N) is 1. The molecule has 0 atom stereocenters.